The largest absolute Gasteiger partial charge is 0.490 e. The first-order valence-electron chi connectivity index (χ1n) is 9.57. The van der Waals surface area contributed by atoms with E-state index in [0.717, 1.165) is 11.1 Å². The van der Waals surface area contributed by atoms with Crippen LogP contribution in [0.4, 0.5) is 5.69 Å². The number of rotatable bonds is 9. The number of aromatic carboxylic acids is 1. The van der Waals surface area contributed by atoms with Gasteiger partial charge in [-0.25, -0.2) is 4.79 Å². The Balaban J connectivity index is 1.76. The van der Waals surface area contributed by atoms with Crippen molar-refractivity contribution in [3.63, 3.8) is 0 Å². The van der Waals surface area contributed by atoms with Crippen LogP contribution in [0.25, 0.3) is 0 Å². The molecule has 0 saturated carbocycles. The van der Waals surface area contributed by atoms with Crippen LogP contribution < -0.4 is 14.8 Å². The predicted octanol–water partition coefficient (Wildman–Crippen LogP) is 7.59. The summed E-state index contributed by atoms with van der Waals surface area (Å²) in [4.78, 5) is 11.3. The SMILES string of the molecule is CCOc1cc(CNc2ccc(Cl)c(C(=O)O)c2)c(Cl)cc1OCc1ccc(Cl)c(Cl)c1. The monoisotopic (exact) mass is 513 g/mol. The average molecular weight is 515 g/mol. The van der Waals surface area contributed by atoms with Gasteiger partial charge in [0, 0.05) is 23.3 Å². The maximum atomic E-state index is 11.3. The first kappa shape index (κ1) is 24.3. The van der Waals surface area contributed by atoms with E-state index in [1.54, 1.807) is 30.3 Å². The van der Waals surface area contributed by atoms with Crippen LogP contribution in [-0.2, 0) is 13.2 Å². The van der Waals surface area contributed by atoms with E-state index in [1.807, 2.05) is 13.0 Å². The van der Waals surface area contributed by atoms with Gasteiger partial charge in [-0.3, -0.25) is 0 Å². The Morgan fingerprint density at radius 2 is 1.59 bits per heavy atom. The number of halogens is 4. The molecule has 0 radical (unpaired) electrons. The highest BCUT2D eigenvalue weighted by Crippen LogP contribution is 2.35. The normalized spacial score (nSPS) is 10.7. The molecule has 0 amide bonds. The molecule has 3 aromatic rings. The van der Waals surface area contributed by atoms with Crippen LogP contribution in [0, 0.1) is 0 Å². The lowest BCUT2D eigenvalue weighted by atomic mass is 10.1. The van der Waals surface area contributed by atoms with E-state index < -0.39 is 5.97 Å². The van der Waals surface area contributed by atoms with Crippen molar-refractivity contribution in [2.75, 3.05) is 11.9 Å². The second-order valence-corrected chi connectivity index (χ2v) is 8.34. The molecule has 0 unspecified atom stereocenters. The number of benzene rings is 3. The minimum absolute atomic E-state index is 0.0174. The molecule has 0 saturated heterocycles. The Morgan fingerprint density at radius 3 is 2.28 bits per heavy atom. The van der Waals surface area contributed by atoms with Gasteiger partial charge in [0.2, 0.25) is 0 Å². The van der Waals surface area contributed by atoms with Crippen LogP contribution in [-0.4, -0.2) is 17.7 Å². The fourth-order valence-corrected chi connectivity index (χ4v) is 3.62. The standard InChI is InChI=1S/C23H19Cl4NO4/c1-2-31-21-8-14(11-28-15-4-6-17(24)16(9-15)23(29)30)19(26)10-22(21)32-12-13-3-5-18(25)20(27)7-13/h3-10,28H,2,11-12H2,1H3,(H,29,30). The number of hydrogen-bond acceptors (Lipinski definition) is 4. The number of ether oxygens (including phenoxy) is 2. The van der Waals surface area contributed by atoms with E-state index in [9.17, 15) is 9.90 Å². The van der Waals surface area contributed by atoms with Gasteiger partial charge in [0.1, 0.15) is 6.61 Å². The van der Waals surface area contributed by atoms with Gasteiger partial charge < -0.3 is 19.9 Å². The van der Waals surface area contributed by atoms with Crippen molar-refractivity contribution >= 4 is 58.1 Å². The number of carbonyl (C=O) groups is 1. The number of carboxylic acid groups (broad SMARTS) is 1. The summed E-state index contributed by atoms with van der Waals surface area (Å²) in [7, 11) is 0. The van der Waals surface area contributed by atoms with E-state index >= 15 is 0 Å². The third-order valence-corrected chi connectivity index (χ3v) is 5.89. The Kier molecular flexibility index (Phi) is 8.38. The van der Waals surface area contributed by atoms with Gasteiger partial charge in [0.25, 0.3) is 0 Å². The zero-order chi connectivity index (χ0) is 23.3. The Morgan fingerprint density at radius 1 is 0.875 bits per heavy atom. The Labute approximate surface area is 205 Å². The average Bonchev–Trinajstić information content (AvgIpc) is 2.76. The predicted molar refractivity (Wildman–Crippen MR) is 129 cm³/mol. The minimum Gasteiger partial charge on any atom is -0.490 e. The van der Waals surface area contributed by atoms with Gasteiger partial charge in [-0.15, -0.1) is 0 Å². The molecular formula is C23H19Cl4NO4. The van der Waals surface area contributed by atoms with E-state index in [0.29, 0.717) is 45.4 Å². The molecule has 32 heavy (non-hydrogen) atoms. The van der Waals surface area contributed by atoms with Crippen LogP contribution >= 0.6 is 46.4 Å². The lowest BCUT2D eigenvalue weighted by Gasteiger charge is -2.16. The Bertz CT molecular complexity index is 1140. The highest BCUT2D eigenvalue weighted by atomic mass is 35.5. The highest BCUT2D eigenvalue weighted by molar-refractivity contribution is 6.42. The van der Waals surface area contributed by atoms with Crippen molar-refractivity contribution in [1.82, 2.24) is 0 Å². The lowest BCUT2D eigenvalue weighted by molar-refractivity contribution is 0.0697. The third kappa shape index (κ3) is 6.14. The molecular weight excluding hydrogens is 496 g/mol. The van der Waals surface area contributed by atoms with Crippen LogP contribution in [0.5, 0.6) is 11.5 Å². The molecule has 9 heteroatoms. The highest BCUT2D eigenvalue weighted by Gasteiger charge is 2.13. The van der Waals surface area contributed by atoms with Gasteiger partial charge in [0.15, 0.2) is 11.5 Å². The quantitative estimate of drug-likeness (QED) is 0.308. The zero-order valence-electron chi connectivity index (χ0n) is 16.9. The van der Waals surface area contributed by atoms with Crippen molar-refractivity contribution in [2.45, 2.75) is 20.1 Å². The van der Waals surface area contributed by atoms with E-state index in [2.05, 4.69) is 5.32 Å². The molecule has 0 spiro atoms. The molecule has 3 aromatic carbocycles. The van der Waals surface area contributed by atoms with Crippen molar-refractivity contribution in [3.8, 4) is 11.5 Å². The topological polar surface area (TPSA) is 67.8 Å². The molecule has 0 fully saturated rings. The summed E-state index contributed by atoms with van der Waals surface area (Å²) in [6, 6.07) is 13.4. The number of nitrogens with one attached hydrogen (secondary N) is 1. The molecule has 0 aliphatic heterocycles. The maximum Gasteiger partial charge on any atom is 0.337 e. The van der Waals surface area contributed by atoms with E-state index in [-0.39, 0.29) is 17.2 Å². The van der Waals surface area contributed by atoms with E-state index in [1.165, 1.54) is 12.1 Å². The second-order valence-electron chi connectivity index (χ2n) is 6.71. The second kappa shape index (κ2) is 11.0. The number of anilines is 1. The third-order valence-electron chi connectivity index (χ3n) is 4.47. The molecule has 2 N–H and O–H groups in total. The minimum atomic E-state index is -1.10. The zero-order valence-corrected chi connectivity index (χ0v) is 19.9. The molecule has 0 atom stereocenters. The molecule has 0 heterocycles. The summed E-state index contributed by atoms with van der Waals surface area (Å²) in [6.07, 6.45) is 0. The first-order valence-corrected chi connectivity index (χ1v) is 11.1. The van der Waals surface area contributed by atoms with Gasteiger partial charge in [-0.05, 0) is 54.4 Å². The summed E-state index contributed by atoms with van der Waals surface area (Å²) in [5, 5.41) is 13.9. The van der Waals surface area contributed by atoms with Crippen LogP contribution in [0.1, 0.15) is 28.4 Å². The fourth-order valence-electron chi connectivity index (χ4n) is 2.88. The lowest BCUT2D eigenvalue weighted by Crippen LogP contribution is -2.05. The number of hydrogen-bond donors (Lipinski definition) is 2. The summed E-state index contributed by atoms with van der Waals surface area (Å²) < 4.78 is 11.6. The molecule has 0 aromatic heterocycles. The van der Waals surface area contributed by atoms with E-state index in [4.69, 9.17) is 55.9 Å². The summed E-state index contributed by atoms with van der Waals surface area (Å²) in [5.41, 5.74) is 2.22. The smallest absolute Gasteiger partial charge is 0.337 e. The van der Waals surface area contributed by atoms with Gasteiger partial charge in [-0.2, -0.15) is 0 Å². The molecule has 0 bridgehead atoms. The molecule has 3 rings (SSSR count). The summed E-state index contributed by atoms with van der Waals surface area (Å²) in [5.74, 6) is -0.0683. The maximum absolute atomic E-state index is 11.3. The van der Waals surface area contributed by atoms with Crippen LogP contribution in [0.15, 0.2) is 48.5 Å². The van der Waals surface area contributed by atoms with Crippen molar-refractivity contribution < 1.29 is 19.4 Å². The van der Waals surface area contributed by atoms with Crippen molar-refractivity contribution in [1.29, 1.82) is 0 Å². The van der Waals surface area contributed by atoms with Gasteiger partial charge in [-0.1, -0.05) is 52.5 Å². The Hall–Kier alpha value is -2.31. The first-order chi connectivity index (χ1) is 15.3. The van der Waals surface area contributed by atoms with Crippen molar-refractivity contribution in [3.05, 3.63) is 85.3 Å². The van der Waals surface area contributed by atoms with Crippen LogP contribution in [0.3, 0.4) is 0 Å². The summed E-state index contributed by atoms with van der Waals surface area (Å²) in [6.45, 7) is 2.91. The molecule has 0 aliphatic rings. The molecule has 0 aliphatic carbocycles. The van der Waals surface area contributed by atoms with Crippen molar-refractivity contribution in [2.24, 2.45) is 0 Å². The van der Waals surface area contributed by atoms with Gasteiger partial charge >= 0.3 is 5.97 Å². The molecule has 5 nitrogen and oxygen atoms in total. The van der Waals surface area contributed by atoms with Gasteiger partial charge in [0.05, 0.1) is 27.2 Å². The summed E-state index contributed by atoms with van der Waals surface area (Å²) >= 11 is 24.4. The molecule has 168 valence electrons. The fraction of sp³-hybridized carbons (Fsp3) is 0.174. The number of carboxylic acids is 1. The van der Waals surface area contributed by atoms with Crippen LogP contribution in [0.2, 0.25) is 20.1 Å².